The third kappa shape index (κ3) is 4.61. The smallest absolute Gasteiger partial charge is 0.325 e. The zero-order chi connectivity index (χ0) is 23.3. The van der Waals surface area contributed by atoms with Gasteiger partial charge in [-0.1, -0.05) is 18.2 Å². The van der Waals surface area contributed by atoms with Gasteiger partial charge in [-0.3, -0.25) is 14.5 Å². The molecule has 170 valence electrons. The normalized spacial score (nSPS) is 17.7. The van der Waals surface area contributed by atoms with Crippen molar-refractivity contribution in [2.45, 2.75) is 25.9 Å². The van der Waals surface area contributed by atoms with E-state index in [2.05, 4.69) is 10.6 Å². The lowest BCUT2D eigenvalue weighted by atomic mass is 9.92. The predicted octanol–water partition coefficient (Wildman–Crippen LogP) is 2.19. The molecule has 0 bridgehead atoms. The minimum absolute atomic E-state index is 0.209. The van der Waals surface area contributed by atoms with Gasteiger partial charge in [0.1, 0.15) is 17.8 Å². The van der Waals surface area contributed by atoms with Gasteiger partial charge in [-0.15, -0.1) is 0 Å². The van der Waals surface area contributed by atoms with E-state index in [-0.39, 0.29) is 13.1 Å². The second-order valence-electron chi connectivity index (χ2n) is 7.37. The summed E-state index contributed by atoms with van der Waals surface area (Å²) in [4.78, 5) is 38.8. The fraction of sp³-hybridized carbons (Fsp3) is 0.348. The summed E-state index contributed by atoms with van der Waals surface area (Å²) < 4.78 is 15.9. The fourth-order valence-corrected chi connectivity index (χ4v) is 3.46. The number of carbonyl (C=O) groups is 3. The van der Waals surface area contributed by atoms with Gasteiger partial charge in [0, 0.05) is 6.54 Å². The molecule has 0 saturated carbocycles. The molecule has 32 heavy (non-hydrogen) atoms. The van der Waals surface area contributed by atoms with Crippen molar-refractivity contribution in [3.8, 4) is 17.2 Å². The van der Waals surface area contributed by atoms with Gasteiger partial charge in [-0.25, -0.2) is 4.79 Å². The summed E-state index contributed by atoms with van der Waals surface area (Å²) in [6.07, 6.45) is 0. The maximum absolute atomic E-state index is 13.0. The highest BCUT2D eigenvalue weighted by atomic mass is 16.5. The van der Waals surface area contributed by atoms with Gasteiger partial charge in [0.05, 0.1) is 20.8 Å². The molecule has 1 saturated heterocycles. The maximum Gasteiger partial charge on any atom is 0.325 e. The van der Waals surface area contributed by atoms with Crippen LogP contribution in [-0.2, 0) is 21.7 Å². The lowest BCUT2D eigenvalue weighted by molar-refractivity contribution is -0.134. The average molecular weight is 441 g/mol. The van der Waals surface area contributed by atoms with Gasteiger partial charge in [-0.2, -0.15) is 0 Å². The molecule has 4 amide bonds. The minimum Gasteiger partial charge on any atom is -0.497 e. The van der Waals surface area contributed by atoms with Crippen LogP contribution in [0, 0.1) is 0 Å². The Hall–Kier alpha value is -3.75. The van der Waals surface area contributed by atoms with Crippen LogP contribution in [0.2, 0.25) is 0 Å². The van der Waals surface area contributed by atoms with Crippen molar-refractivity contribution >= 4 is 17.8 Å². The molecule has 0 radical (unpaired) electrons. The molecule has 0 aliphatic carbocycles. The highest BCUT2D eigenvalue weighted by Crippen LogP contribution is 2.30. The Bertz CT molecular complexity index is 1010. The van der Waals surface area contributed by atoms with Crippen molar-refractivity contribution in [1.29, 1.82) is 0 Å². The molecule has 1 fully saturated rings. The molecule has 9 nitrogen and oxygen atoms in total. The van der Waals surface area contributed by atoms with Crippen LogP contribution >= 0.6 is 0 Å². The van der Waals surface area contributed by atoms with Crippen molar-refractivity contribution in [2.24, 2.45) is 0 Å². The molecule has 2 N–H and O–H groups in total. The highest BCUT2D eigenvalue weighted by Gasteiger charge is 2.49. The second kappa shape index (κ2) is 9.59. The quantitative estimate of drug-likeness (QED) is 0.578. The van der Waals surface area contributed by atoms with Crippen LogP contribution in [0.5, 0.6) is 17.2 Å². The second-order valence-corrected chi connectivity index (χ2v) is 7.37. The Morgan fingerprint density at radius 1 is 1.06 bits per heavy atom. The number of imide groups is 1. The summed E-state index contributed by atoms with van der Waals surface area (Å²) >= 11 is 0. The molecule has 1 heterocycles. The standard InChI is InChI=1S/C23H27N3O6/c1-5-32-18-11-6-15(12-19(18)31-4)13-24-20(27)14-26-21(28)23(2,25-22(26)29)16-7-9-17(30-3)10-8-16/h6-12H,5,13-14H2,1-4H3,(H,24,27)(H,25,29). The van der Waals surface area contributed by atoms with Crippen molar-refractivity contribution in [3.05, 3.63) is 53.6 Å². The Kier molecular flexibility index (Phi) is 6.87. The van der Waals surface area contributed by atoms with Crippen LogP contribution < -0.4 is 24.8 Å². The van der Waals surface area contributed by atoms with Crippen molar-refractivity contribution in [1.82, 2.24) is 15.5 Å². The van der Waals surface area contributed by atoms with Crippen LogP contribution in [0.4, 0.5) is 4.79 Å². The van der Waals surface area contributed by atoms with E-state index < -0.39 is 23.4 Å². The van der Waals surface area contributed by atoms with E-state index in [0.29, 0.717) is 29.4 Å². The first-order chi connectivity index (χ1) is 15.3. The van der Waals surface area contributed by atoms with Gasteiger partial charge in [0.25, 0.3) is 5.91 Å². The van der Waals surface area contributed by atoms with Crippen molar-refractivity contribution in [3.63, 3.8) is 0 Å². The number of hydrogen-bond donors (Lipinski definition) is 2. The third-order valence-corrected chi connectivity index (χ3v) is 5.26. The van der Waals surface area contributed by atoms with Crippen molar-refractivity contribution < 1.29 is 28.6 Å². The number of benzene rings is 2. The summed E-state index contributed by atoms with van der Waals surface area (Å²) in [5, 5.41) is 5.41. The van der Waals surface area contributed by atoms with Crippen LogP contribution in [0.3, 0.4) is 0 Å². The van der Waals surface area contributed by atoms with E-state index in [4.69, 9.17) is 14.2 Å². The fourth-order valence-electron chi connectivity index (χ4n) is 3.46. The van der Waals surface area contributed by atoms with E-state index >= 15 is 0 Å². The summed E-state index contributed by atoms with van der Waals surface area (Å²) in [5.41, 5.74) is 0.131. The number of urea groups is 1. The number of carbonyl (C=O) groups excluding carboxylic acids is 3. The molecule has 1 aliphatic heterocycles. The SMILES string of the molecule is CCOc1ccc(CNC(=O)CN2C(=O)NC(C)(c3ccc(OC)cc3)C2=O)cc1OC. The minimum atomic E-state index is -1.26. The van der Waals surface area contributed by atoms with Gasteiger partial charge in [0.2, 0.25) is 5.91 Å². The van der Waals surface area contributed by atoms with Gasteiger partial charge < -0.3 is 24.8 Å². The maximum atomic E-state index is 13.0. The molecule has 3 rings (SSSR count). The molecule has 9 heteroatoms. The van der Waals surface area contributed by atoms with E-state index in [1.54, 1.807) is 50.4 Å². The zero-order valence-corrected chi connectivity index (χ0v) is 18.6. The molecule has 1 aliphatic rings. The van der Waals surface area contributed by atoms with Crippen LogP contribution in [0.15, 0.2) is 42.5 Å². The summed E-state index contributed by atoms with van der Waals surface area (Å²) in [5.74, 6) is 0.854. The molecular weight excluding hydrogens is 414 g/mol. The van der Waals surface area contributed by atoms with Crippen LogP contribution in [0.1, 0.15) is 25.0 Å². The highest BCUT2D eigenvalue weighted by molar-refractivity contribution is 6.09. The summed E-state index contributed by atoms with van der Waals surface area (Å²) in [7, 11) is 3.08. The number of amides is 4. The van der Waals surface area contributed by atoms with Crippen LogP contribution in [0.25, 0.3) is 0 Å². The first-order valence-corrected chi connectivity index (χ1v) is 10.2. The van der Waals surface area contributed by atoms with E-state index in [1.807, 2.05) is 13.0 Å². The Morgan fingerprint density at radius 2 is 1.78 bits per heavy atom. The first kappa shape index (κ1) is 22.9. The molecule has 1 atom stereocenters. The zero-order valence-electron chi connectivity index (χ0n) is 18.6. The predicted molar refractivity (Wildman–Crippen MR) is 117 cm³/mol. The Morgan fingerprint density at radius 3 is 2.41 bits per heavy atom. The van der Waals surface area contributed by atoms with Crippen LogP contribution in [-0.4, -0.2) is 50.1 Å². The van der Waals surface area contributed by atoms with Crippen molar-refractivity contribution in [2.75, 3.05) is 27.4 Å². The summed E-state index contributed by atoms with van der Waals surface area (Å²) in [6, 6.07) is 11.6. The number of methoxy groups -OCH3 is 2. The molecule has 2 aromatic rings. The van der Waals surface area contributed by atoms with E-state index in [0.717, 1.165) is 10.5 Å². The third-order valence-electron chi connectivity index (χ3n) is 5.26. The first-order valence-electron chi connectivity index (χ1n) is 10.2. The van der Waals surface area contributed by atoms with E-state index in [9.17, 15) is 14.4 Å². The largest absolute Gasteiger partial charge is 0.497 e. The monoisotopic (exact) mass is 441 g/mol. The number of nitrogens with one attached hydrogen (secondary N) is 2. The molecule has 1 unspecified atom stereocenters. The molecule has 0 aromatic heterocycles. The number of ether oxygens (including phenoxy) is 3. The molecule has 0 spiro atoms. The topological polar surface area (TPSA) is 106 Å². The Labute approximate surface area is 186 Å². The average Bonchev–Trinajstić information content (AvgIpc) is 3.02. The lowest BCUT2D eigenvalue weighted by Gasteiger charge is -2.22. The summed E-state index contributed by atoms with van der Waals surface area (Å²) in [6.45, 7) is 3.82. The number of hydrogen-bond acceptors (Lipinski definition) is 6. The van der Waals surface area contributed by atoms with Gasteiger partial charge in [-0.05, 0) is 49.2 Å². The molecule has 2 aromatic carbocycles. The molecular formula is C23H27N3O6. The lowest BCUT2D eigenvalue weighted by Crippen LogP contribution is -2.43. The van der Waals surface area contributed by atoms with Gasteiger partial charge >= 0.3 is 6.03 Å². The van der Waals surface area contributed by atoms with Gasteiger partial charge in [0.15, 0.2) is 11.5 Å². The number of rotatable bonds is 9. The van der Waals surface area contributed by atoms with E-state index in [1.165, 1.54) is 7.11 Å². The Balaban J connectivity index is 1.63. The number of nitrogens with zero attached hydrogens (tertiary/aromatic N) is 1.